The van der Waals surface area contributed by atoms with Gasteiger partial charge in [0.1, 0.15) is 0 Å². The minimum Gasteiger partial charge on any atom is -0.331 e. The third-order valence-electron chi connectivity index (χ3n) is 2.04. The molecule has 0 aromatic heterocycles. The van der Waals surface area contributed by atoms with Crippen LogP contribution in [0.25, 0.3) is 0 Å². The monoisotopic (exact) mass is 201 g/mol. The SMILES string of the molecule is CC(C)N(CCN(C)C)C(=O)N(C)C. The molecule has 0 aliphatic rings. The normalized spacial score (nSPS) is 10.9. The molecule has 0 saturated heterocycles. The number of urea groups is 1. The molecule has 0 heterocycles. The molecule has 0 atom stereocenters. The summed E-state index contributed by atoms with van der Waals surface area (Å²) in [6, 6.07) is 0.340. The molecule has 0 aliphatic carbocycles. The fourth-order valence-electron chi connectivity index (χ4n) is 1.14. The predicted molar refractivity (Wildman–Crippen MR) is 59.5 cm³/mol. The van der Waals surface area contributed by atoms with Gasteiger partial charge in [-0.3, -0.25) is 0 Å². The van der Waals surface area contributed by atoms with E-state index in [9.17, 15) is 4.79 Å². The van der Waals surface area contributed by atoms with E-state index in [1.807, 2.05) is 32.8 Å². The zero-order chi connectivity index (χ0) is 11.3. The van der Waals surface area contributed by atoms with Gasteiger partial charge >= 0.3 is 6.03 Å². The third-order valence-corrected chi connectivity index (χ3v) is 2.04. The van der Waals surface area contributed by atoms with E-state index in [2.05, 4.69) is 4.90 Å². The Balaban J connectivity index is 4.23. The molecule has 84 valence electrons. The molecule has 0 bridgehead atoms. The first kappa shape index (κ1) is 13.2. The van der Waals surface area contributed by atoms with E-state index < -0.39 is 0 Å². The summed E-state index contributed by atoms with van der Waals surface area (Å²) in [6.45, 7) is 5.76. The van der Waals surface area contributed by atoms with Crippen molar-refractivity contribution in [1.29, 1.82) is 0 Å². The van der Waals surface area contributed by atoms with Crippen LogP contribution < -0.4 is 0 Å². The lowest BCUT2D eigenvalue weighted by Gasteiger charge is -2.30. The molecule has 2 amide bonds. The molecule has 0 aliphatic heterocycles. The Bertz CT molecular complexity index is 178. The van der Waals surface area contributed by atoms with Crippen molar-refractivity contribution in [2.75, 3.05) is 41.3 Å². The standard InChI is InChI=1S/C10H23N3O/c1-9(2)13(8-7-11(3)4)10(14)12(5)6/h9H,7-8H2,1-6H3. The maximum Gasteiger partial charge on any atom is 0.319 e. The number of likely N-dealkylation sites (N-methyl/N-ethyl adjacent to an activating group) is 1. The molecule has 14 heavy (non-hydrogen) atoms. The average molecular weight is 201 g/mol. The first-order valence-corrected chi connectivity index (χ1v) is 4.99. The summed E-state index contributed by atoms with van der Waals surface area (Å²) in [4.78, 5) is 17.3. The van der Waals surface area contributed by atoms with E-state index >= 15 is 0 Å². The topological polar surface area (TPSA) is 26.8 Å². The van der Waals surface area contributed by atoms with Crippen LogP contribution in [0.3, 0.4) is 0 Å². The largest absolute Gasteiger partial charge is 0.331 e. The molecule has 0 radical (unpaired) electrons. The molecule has 0 unspecified atom stereocenters. The molecular formula is C10H23N3O. The second-order valence-electron chi connectivity index (χ2n) is 4.27. The fourth-order valence-corrected chi connectivity index (χ4v) is 1.14. The summed E-state index contributed by atoms with van der Waals surface area (Å²) in [7, 11) is 7.60. The zero-order valence-electron chi connectivity index (χ0n) is 10.2. The molecule has 0 spiro atoms. The van der Waals surface area contributed by atoms with E-state index in [-0.39, 0.29) is 12.1 Å². The van der Waals surface area contributed by atoms with Crippen LogP contribution in [0.15, 0.2) is 0 Å². The zero-order valence-corrected chi connectivity index (χ0v) is 10.2. The number of rotatable bonds is 4. The molecule has 0 N–H and O–H groups in total. The number of hydrogen-bond acceptors (Lipinski definition) is 2. The van der Waals surface area contributed by atoms with Crippen molar-refractivity contribution < 1.29 is 4.79 Å². The Morgan fingerprint density at radius 1 is 1.07 bits per heavy atom. The van der Waals surface area contributed by atoms with Gasteiger partial charge in [0.05, 0.1) is 0 Å². The first-order valence-electron chi connectivity index (χ1n) is 4.99. The Morgan fingerprint density at radius 2 is 1.57 bits per heavy atom. The first-order chi connectivity index (χ1) is 6.36. The Labute approximate surface area is 87.5 Å². The second kappa shape index (κ2) is 5.86. The van der Waals surface area contributed by atoms with Crippen LogP contribution in [0.2, 0.25) is 0 Å². The van der Waals surface area contributed by atoms with Crippen molar-refractivity contribution in [3.05, 3.63) is 0 Å². The van der Waals surface area contributed by atoms with Gasteiger partial charge in [-0.2, -0.15) is 0 Å². The molecule has 0 fully saturated rings. The predicted octanol–water partition coefficient (Wildman–Crippen LogP) is 0.940. The highest BCUT2D eigenvalue weighted by Crippen LogP contribution is 2.01. The minimum atomic E-state index is 0.0850. The van der Waals surface area contributed by atoms with Gasteiger partial charge in [-0.1, -0.05) is 0 Å². The van der Waals surface area contributed by atoms with Gasteiger partial charge in [0.2, 0.25) is 0 Å². The molecule has 4 heteroatoms. The second-order valence-corrected chi connectivity index (χ2v) is 4.27. The summed E-state index contributed by atoms with van der Waals surface area (Å²) in [5.41, 5.74) is 0. The molecule has 4 nitrogen and oxygen atoms in total. The van der Waals surface area contributed by atoms with Gasteiger partial charge in [0, 0.05) is 33.2 Å². The summed E-state index contributed by atoms with van der Waals surface area (Å²) in [5, 5.41) is 0. The lowest BCUT2D eigenvalue weighted by molar-refractivity contribution is 0.151. The van der Waals surface area contributed by atoms with Gasteiger partial charge in [0.15, 0.2) is 0 Å². The van der Waals surface area contributed by atoms with Gasteiger partial charge in [0.25, 0.3) is 0 Å². The van der Waals surface area contributed by atoms with Crippen molar-refractivity contribution >= 4 is 6.03 Å². The van der Waals surface area contributed by atoms with Crippen molar-refractivity contribution in [2.24, 2.45) is 0 Å². The fraction of sp³-hybridized carbons (Fsp3) is 0.900. The van der Waals surface area contributed by atoms with Crippen LogP contribution in [0.5, 0.6) is 0 Å². The summed E-state index contributed by atoms with van der Waals surface area (Å²) >= 11 is 0. The highest BCUT2D eigenvalue weighted by atomic mass is 16.2. The molecule has 0 rings (SSSR count). The maximum atomic E-state index is 11.7. The Morgan fingerprint density at radius 3 is 1.86 bits per heavy atom. The Hall–Kier alpha value is -0.770. The lowest BCUT2D eigenvalue weighted by Crippen LogP contribution is -2.46. The highest BCUT2D eigenvalue weighted by Gasteiger charge is 2.17. The van der Waals surface area contributed by atoms with Crippen molar-refractivity contribution in [2.45, 2.75) is 19.9 Å². The third kappa shape index (κ3) is 4.46. The summed E-state index contributed by atoms with van der Waals surface area (Å²) in [5.74, 6) is 0. The number of nitrogens with zero attached hydrogens (tertiary/aromatic N) is 3. The number of hydrogen-bond donors (Lipinski definition) is 0. The minimum absolute atomic E-state index is 0.0850. The van der Waals surface area contributed by atoms with Gasteiger partial charge in [-0.25, -0.2) is 4.79 Å². The number of carbonyl (C=O) groups is 1. The van der Waals surface area contributed by atoms with E-state index in [0.29, 0.717) is 0 Å². The smallest absolute Gasteiger partial charge is 0.319 e. The molecule has 0 saturated carbocycles. The van der Waals surface area contributed by atoms with E-state index in [1.165, 1.54) is 0 Å². The van der Waals surface area contributed by atoms with E-state index in [0.717, 1.165) is 13.1 Å². The van der Waals surface area contributed by atoms with E-state index in [4.69, 9.17) is 0 Å². The van der Waals surface area contributed by atoms with Crippen LogP contribution in [-0.4, -0.2) is 68.1 Å². The van der Waals surface area contributed by atoms with Crippen LogP contribution >= 0.6 is 0 Å². The Kier molecular flexibility index (Phi) is 5.53. The van der Waals surface area contributed by atoms with Crippen LogP contribution in [0.4, 0.5) is 4.79 Å². The van der Waals surface area contributed by atoms with Crippen molar-refractivity contribution in [3.63, 3.8) is 0 Å². The molecule has 0 aromatic carbocycles. The van der Waals surface area contributed by atoms with E-state index in [1.54, 1.807) is 19.0 Å². The van der Waals surface area contributed by atoms with Gasteiger partial charge in [-0.05, 0) is 27.9 Å². The van der Waals surface area contributed by atoms with Crippen molar-refractivity contribution in [3.8, 4) is 0 Å². The molecular weight excluding hydrogens is 178 g/mol. The summed E-state index contributed by atoms with van der Waals surface area (Å²) in [6.07, 6.45) is 0. The maximum absolute atomic E-state index is 11.7. The quantitative estimate of drug-likeness (QED) is 0.677. The lowest BCUT2D eigenvalue weighted by atomic mass is 10.3. The number of carbonyl (C=O) groups excluding carboxylic acids is 1. The summed E-state index contributed by atoms with van der Waals surface area (Å²) < 4.78 is 0. The van der Waals surface area contributed by atoms with Gasteiger partial charge in [-0.15, -0.1) is 0 Å². The van der Waals surface area contributed by atoms with Crippen LogP contribution in [0.1, 0.15) is 13.8 Å². The van der Waals surface area contributed by atoms with Crippen molar-refractivity contribution in [1.82, 2.24) is 14.7 Å². The van der Waals surface area contributed by atoms with Crippen LogP contribution in [0, 0.1) is 0 Å². The van der Waals surface area contributed by atoms with Crippen LogP contribution in [-0.2, 0) is 0 Å². The number of amides is 2. The van der Waals surface area contributed by atoms with Gasteiger partial charge < -0.3 is 14.7 Å². The highest BCUT2D eigenvalue weighted by molar-refractivity contribution is 5.74. The molecule has 0 aromatic rings. The average Bonchev–Trinajstić information content (AvgIpc) is 2.02.